The average molecular weight is 399 g/mol. The smallest absolute Gasteiger partial charge is 0.00893 e. The van der Waals surface area contributed by atoms with Gasteiger partial charge in [-0.3, -0.25) is 0 Å². The maximum absolute atomic E-state index is 2.24. The summed E-state index contributed by atoms with van der Waals surface area (Å²) in [7, 11) is 0. The van der Waals surface area contributed by atoms with E-state index in [1.54, 1.807) is 0 Å². The molecule has 0 spiro atoms. The topological polar surface area (TPSA) is 0 Å². The molecule has 0 bridgehead atoms. The van der Waals surface area contributed by atoms with Crippen LogP contribution < -0.4 is 0 Å². The minimum absolute atomic E-state index is 1.03. The van der Waals surface area contributed by atoms with Gasteiger partial charge in [-0.15, -0.1) is 0 Å². The molecular weight excluding hydrogens is 372 g/mol. The van der Waals surface area contributed by atoms with Crippen LogP contribution in [0.4, 0.5) is 0 Å². The summed E-state index contributed by atoms with van der Waals surface area (Å²) >= 11 is 0. The lowest BCUT2D eigenvalue weighted by Gasteiger charge is -2.14. The maximum Gasteiger partial charge on any atom is -0.00893 e. The highest BCUT2D eigenvalue weighted by molar-refractivity contribution is 5.86. The summed E-state index contributed by atoms with van der Waals surface area (Å²) in [5, 5.41) is 0. The first kappa shape index (κ1) is 19.3. The molecule has 0 amide bonds. The molecule has 4 aromatic rings. The van der Waals surface area contributed by atoms with Crippen molar-refractivity contribution < 1.29 is 0 Å². The standard InChI is InChI=1S/C31H26/c1-5-13-24(14-6-1)30(25-15-7-2-8-16-25)28-21-22-29(23-28)31(26-17-9-3-10-18-26)27-19-11-4-12-20-27/h1-20H,21-23H2. The van der Waals surface area contributed by atoms with E-state index in [0.717, 1.165) is 19.3 Å². The van der Waals surface area contributed by atoms with Crippen LogP contribution >= 0.6 is 0 Å². The SMILES string of the molecule is c1ccc(C(=C2CCC(=C(c3ccccc3)c3ccccc3)C2)c2ccccc2)cc1. The second-order valence-electron chi connectivity index (χ2n) is 8.10. The fourth-order valence-corrected chi connectivity index (χ4v) is 4.73. The number of allylic oxidation sites excluding steroid dienone is 2. The lowest BCUT2D eigenvalue weighted by molar-refractivity contribution is 1.05. The van der Waals surface area contributed by atoms with E-state index >= 15 is 0 Å². The van der Waals surface area contributed by atoms with Gasteiger partial charge in [0, 0.05) is 0 Å². The first-order valence-electron chi connectivity index (χ1n) is 11.1. The Bertz CT molecular complexity index is 1020. The largest absolute Gasteiger partial charge is 0.0622 e. The first-order valence-corrected chi connectivity index (χ1v) is 11.1. The summed E-state index contributed by atoms with van der Waals surface area (Å²) in [6, 6.07) is 43.5. The third-order valence-electron chi connectivity index (χ3n) is 6.11. The molecule has 1 fully saturated rings. The van der Waals surface area contributed by atoms with Crippen molar-refractivity contribution in [2.45, 2.75) is 19.3 Å². The highest BCUT2D eigenvalue weighted by Gasteiger charge is 2.22. The molecule has 1 aliphatic rings. The van der Waals surface area contributed by atoms with E-state index in [0.29, 0.717) is 0 Å². The van der Waals surface area contributed by atoms with Gasteiger partial charge in [-0.25, -0.2) is 0 Å². The molecule has 0 saturated heterocycles. The fourth-order valence-electron chi connectivity index (χ4n) is 4.73. The predicted octanol–water partition coefficient (Wildman–Crippen LogP) is 8.17. The summed E-state index contributed by atoms with van der Waals surface area (Å²) in [6.45, 7) is 0. The van der Waals surface area contributed by atoms with Crippen molar-refractivity contribution in [1.29, 1.82) is 0 Å². The molecule has 31 heavy (non-hydrogen) atoms. The van der Waals surface area contributed by atoms with E-state index in [-0.39, 0.29) is 0 Å². The lowest BCUT2D eigenvalue weighted by atomic mass is 9.90. The quantitative estimate of drug-likeness (QED) is 0.325. The zero-order valence-corrected chi connectivity index (χ0v) is 17.7. The summed E-state index contributed by atoms with van der Waals surface area (Å²) < 4.78 is 0. The van der Waals surface area contributed by atoms with E-state index in [1.165, 1.54) is 44.5 Å². The molecule has 0 aromatic heterocycles. The Morgan fingerprint density at radius 3 is 0.871 bits per heavy atom. The molecule has 5 rings (SSSR count). The van der Waals surface area contributed by atoms with Gasteiger partial charge < -0.3 is 0 Å². The second-order valence-corrected chi connectivity index (χ2v) is 8.10. The van der Waals surface area contributed by atoms with Gasteiger partial charge >= 0.3 is 0 Å². The molecule has 0 N–H and O–H groups in total. The molecule has 0 nitrogen and oxygen atoms in total. The summed E-state index contributed by atoms with van der Waals surface area (Å²) in [4.78, 5) is 0. The first-order chi connectivity index (χ1) is 15.4. The average Bonchev–Trinajstić information content (AvgIpc) is 3.31. The predicted molar refractivity (Wildman–Crippen MR) is 132 cm³/mol. The molecule has 0 unspecified atom stereocenters. The Kier molecular flexibility index (Phi) is 5.62. The van der Waals surface area contributed by atoms with Crippen molar-refractivity contribution >= 4 is 11.1 Å². The van der Waals surface area contributed by atoms with Crippen LogP contribution in [-0.2, 0) is 0 Å². The Balaban J connectivity index is 1.66. The van der Waals surface area contributed by atoms with E-state index in [2.05, 4.69) is 121 Å². The Morgan fingerprint density at radius 2 is 0.613 bits per heavy atom. The van der Waals surface area contributed by atoms with Crippen LogP contribution in [0.3, 0.4) is 0 Å². The van der Waals surface area contributed by atoms with Crippen molar-refractivity contribution in [3.05, 3.63) is 155 Å². The Morgan fingerprint density at radius 1 is 0.355 bits per heavy atom. The summed E-state index contributed by atoms with van der Waals surface area (Å²) in [6.07, 6.45) is 3.24. The van der Waals surface area contributed by atoms with Gasteiger partial charge in [0.15, 0.2) is 0 Å². The normalized spacial score (nSPS) is 13.3. The number of hydrogen-bond donors (Lipinski definition) is 0. The van der Waals surface area contributed by atoms with E-state index in [1.807, 2.05) is 0 Å². The molecule has 1 saturated carbocycles. The van der Waals surface area contributed by atoms with Gasteiger partial charge in [0.2, 0.25) is 0 Å². The van der Waals surface area contributed by atoms with Gasteiger partial charge in [-0.1, -0.05) is 132 Å². The molecule has 0 atom stereocenters. The third-order valence-corrected chi connectivity index (χ3v) is 6.11. The molecule has 0 heteroatoms. The van der Waals surface area contributed by atoms with Gasteiger partial charge in [0.25, 0.3) is 0 Å². The van der Waals surface area contributed by atoms with Crippen LogP contribution in [0, 0.1) is 0 Å². The molecule has 0 aliphatic heterocycles. The van der Waals surface area contributed by atoms with Crippen molar-refractivity contribution in [2.24, 2.45) is 0 Å². The molecule has 1 aliphatic carbocycles. The lowest BCUT2D eigenvalue weighted by Crippen LogP contribution is -1.94. The second kappa shape index (κ2) is 9.02. The monoisotopic (exact) mass is 398 g/mol. The Labute approximate surface area is 185 Å². The highest BCUT2D eigenvalue weighted by Crippen LogP contribution is 2.43. The maximum atomic E-state index is 2.24. The van der Waals surface area contributed by atoms with Crippen LogP contribution in [0.1, 0.15) is 41.5 Å². The molecule has 0 radical (unpaired) electrons. The zero-order valence-electron chi connectivity index (χ0n) is 17.7. The number of benzene rings is 4. The number of rotatable bonds is 4. The molecule has 150 valence electrons. The van der Waals surface area contributed by atoms with Gasteiger partial charge in [-0.05, 0) is 52.7 Å². The van der Waals surface area contributed by atoms with Crippen LogP contribution in [-0.4, -0.2) is 0 Å². The van der Waals surface area contributed by atoms with Crippen LogP contribution in [0.15, 0.2) is 132 Å². The fraction of sp³-hybridized carbons (Fsp3) is 0.0968. The minimum atomic E-state index is 1.03. The number of hydrogen-bond acceptors (Lipinski definition) is 0. The van der Waals surface area contributed by atoms with Crippen LogP contribution in [0.5, 0.6) is 0 Å². The molecule has 0 heterocycles. The van der Waals surface area contributed by atoms with Crippen molar-refractivity contribution in [2.75, 3.05) is 0 Å². The van der Waals surface area contributed by atoms with Crippen LogP contribution in [0.2, 0.25) is 0 Å². The zero-order chi connectivity index (χ0) is 20.9. The van der Waals surface area contributed by atoms with Gasteiger partial charge in [0.05, 0.1) is 0 Å². The molecular formula is C31H26. The highest BCUT2D eigenvalue weighted by atomic mass is 14.3. The van der Waals surface area contributed by atoms with Crippen molar-refractivity contribution in [3.8, 4) is 0 Å². The van der Waals surface area contributed by atoms with Gasteiger partial charge in [-0.2, -0.15) is 0 Å². The van der Waals surface area contributed by atoms with E-state index in [9.17, 15) is 0 Å². The van der Waals surface area contributed by atoms with E-state index < -0.39 is 0 Å². The van der Waals surface area contributed by atoms with Crippen molar-refractivity contribution in [1.82, 2.24) is 0 Å². The molecule has 4 aromatic carbocycles. The van der Waals surface area contributed by atoms with Crippen molar-refractivity contribution in [3.63, 3.8) is 0 Å². The minimum Gasteiger partial charge on any atom is -0.0622 e. The van der Waals surface area contributed by atoms with Gasteiger partial charge in [0.1, 0.15) is 0 Å². The summed E-state index contributed by atoms with van der Waals surface area (Å²) in [5.41, 5.74) is 11.1. The third kappa shape index (κ3) is 4.15. The summed E-state index contributed by atoms with van der Waals surface area (Å²) in [5.74, 6) is 0. The van der Waals surface area contributed by atoms with Crippen LogP contribution in [0.25, 0.3) is 11.1 Å². The van der Waals surface area contributed by atoms with E-state index in [4.69, 9.17) is 0 Å². The Hall–Kier alpha value is -3.64.